The molecule has 0 aliphatic carbocycles. The van der Waals surface area contributed by atoms with Crippen LogP contribution in [0.5, 0.6) is 0 Å². The Bertz CT molecular complexity index is 840. The second kappa shape index (κ2) is 7.53. The molecule has 2 rings (SSSR count). The average molecular weight is 388 g/mol. The lowest BCUT2D eigenvalue weighted by Crippen LogP contribution is -2.43. The fourth-order valence-electron chi connectivity index (χ4n) is 2.21. The zero-order valence-corrected chi connectivity index (χ0v) is 15.0. The van der Waals surface area contributed by atoms with Gasteiger partial charge in [-0.3, -0.25) is 4.79 Å². The highest BCUT2D eigenvalue weighted by atomic mass is 35.5. The highest BCUT2D eigenvalue weighted by molar-refractivity contribution is 7.89. The molecule has 0 bridgehead atoms. The number of halogens is 2. The van der Waals surface area contributed by atoms with Crippen LogP contribution in [0.3, 0.4) is 0 Å². The first kappa shape index (κ1) is 18.7. The average Bonchev–Trinajstić information content (AvgIpc) is 2.56. The van der Waals surface area contributed by atoms with Gasteiger partial charge in [-0.1, -0.05) is 53.5 Å². The van der Waals surface area contributed by atoms with Crippen molar-refractivity contribution in [3.8, 4) is 0 Å². The molecule has 0 aliphatic rings. The number of carbonyl (C=O) groups is 1. The number of likely N-dealkylation sites (N-methyl/N-ethyl adjacent to an activating group) is 1. The Balaban J connectivity index is 2.37. The van der Waals surface area contributed by atoms with E-state index in [2.05, 4.69) is 0 Å². The number of sulfonamides is 1. The number of benzene rings is 2. The largest absolute Gasteiger partial charge is 0.480 e. The Morgan fingerprint density at radius 1 is 1.12 bits per heavy atom. The van der Waals surface area contributed by atoms with Crippen LogP contribution in [0.25, 0.3) is 0 Å². The third-order valence-electron chi connectivity index (χ3n) is 3.59. The summed E-state index contributed by atoms with van der Waals surface area (Å²) in [4.78, 5) is 11.7. The van der Waals surface area contributed by atoms with Gasteiger partial charge in [0.25, 0.3) is 0 Å². The van der Waals surface area contributed by atoms with E-state index in [0.29, 0.717) is 5.56 Å². The fourth-order valence-corrected chi connectivity index (χ4v) is 3.94. The molecule has 0 fully saturated rings. The summed E-state index contributed by atoms with van der Waals surface area (Å²) in [6.07, 6.45) is -0.0999. The van der Waals surface area contributed by atoms with Gasteiger partial charge in [0.2, 0.25) is 10.0 Å². The van der Waals surface area contributed by atoms with Crippen LogP contribution in [-0.2, 0) is 21.2 Å². The minimum atomic E-state index is -3.95. The molecule has 24 heavy (non-hydrogen) atoms. The SMILES string of the molecule is CN([C@H](Cc1cccc(Cl)c1Cl)C(=O)O)S(=O)(=O)c1ccccc1. The van der Waals surface area contributed by atoms with Gasteiger partial charge in [-0.25, -0.2) is 8.42 Å². The molecule has 1 atom stereocenters. The standard InChI is InChI=1S/C16H15Cl2NO4S/c1-19(24(22,23)12-7-3-2-4-8-12)14(16(20)21)10-11-6-5-9-13(17)15(11)18/h2-9,14H,10H2,1H3,(H,20,21)/t14-/m1/s1. The van der Waals surface area contributed by atoms with E-state index in [1.165, 1.54) is 19.2 Å². The van der Waals surface area contributed by atoms with Gasteiger partial charge < -0.3 is 5.11 Å². The fraction of sp³-hybridized carbons (Fsp3) is 0.188. The minimum Gasteiger partial charge on any atom is -0.480 e. The molecule has 0 spiro atoms. The van der Waals surface area contributed by atoms with E-state index < -0.39 is 22.0 Å². The molecule has 0 aliphatic heterocycles. The molecule has 0 saturated carbocycles. The minimum absolute atomic E-state index is 0.0240. The van der Waals surface area contributed by atoms with E-state index in [9.17, 15) is 18.3 Å². The molecule has 0 amide bonds. The third kappa shape index (κ3) is 3.89. The molecule has 8 heteroatoms. The summed E-state index contributed by atoms with van der Waals surface area (Å²) in [5.74, 6) is -1.27. The second-order valence-corrected chi connectivity index (χ2v) is 7.89. The number of hydrogen-bond acceptors (Lipinski definition) is 3. The van der Waals surface area contributed by atoms with E-state index in [-0.39, 0.29) is 21.4 Å². The van der Waals surface area contributed by atoms with E-state index >= 15 is 0 Å². The zero-order valence-electron chi connectivity index (χ0n) is 12.7. The molecule has 0 saturated heterocycles. The molecule has 2 aromatic rings. The first-order chi connectivity index (χ1) is 11.2. The molecular formula is C16H15Cl2NO4S. The maximum Gasteiger partial charge on any atom is 0.322 e. The molecule has 1 N–H and O–H groups in total. The lowest BCUT2D eigenvalue weighted by molar-refractivity contribution is -0.141. The van der Waals surface area contributed by atoms with Gasteiger partial charge in [-0.2, -0.15) is 4.31 Å². The van der Waals surface area contributed by atoms with Crippen LogP contribution in [-0.4, -0.2) is 36.9 Å². The van der Waals surface area contributed by atoms with Crippen molar-refractivity contribution >= 4 is 39.2 Å². The van der Waals surface area contributed by atoms with Gasteiger partial charge in [0, 0.05) is 13.5 Å². The first-order valence-corrected chi connectivity index (χ1v) is 9.13. The topological polar surface area (TPSA) is 74.7 Å². The summed E-state index contributed by atoms with van der Waals surface area (Å²) in [6.45, 7) is 0. The molecule has 0 heterocycles. The van der Waals surface area contributed by atoms with Crippen molar-refractivity contribution in [2.24, 2.45) is 0 Å². The number of aliphatic carboxylic acids is 1. The lowest BCUT2D eigenvalue weighted by Gasteiger charge is -2.24. The van der Waals surface area contributed by atoms with Crippen LogP contribution in [0.2, 0.25) is 10.0 Å². The van der Waals surface area contributed by atoms with E-state index in [0.717, 1.165) is 4.31 Å². The Morgan fingerprint density at radius 2 is 1.75 bits per heavy atom. The van der Waals surface area contributed by atoms with Gasteiger partial charge in [0.05, 0.1) is 14.9 Å². The van der Waals surface area contributed by atoms with Crippen molar-refractivity contribution in [3.63, 3.8) is 0 Å². The van der Waals surface area contributed by atoms with Crippen LogP contribution in [0.1, 0.15) is 5.56 Å². The van der Waals surface area contributed by atoms with Crippen molar-refractivity contribution in [2.45, 2.75) is 17.4 Å². The summed E-state index contributed by atoms with van der Waals surface area (Å²) in [6, 6.07) is 11.2. The van der Waals surface area contributed by atoms with Gasteiger partial charge in [0.15, 0.2) is 0 Å². The summed E-state index contributed by atoms with van der Waals surface area (Å²) in [7, 11) is -2.71. The molecule has 0 radical (unpaired) electrons. The monoisotopic (exact) mass is 387 g/mol. The van der Waals surface area contributed by atoms with Crippen LogP contribution >= 0.6 is 23.2 Å². The Morgan fingerprint density at radius 3 is 2.33 bits per heavy atom. The maximum atomic E-state index is 12.6. The van der Waals surface area contributed by atoms with Crippen molar-refractivity contribution in [3.05, 3.63) is 64.1 Å². The van der Waals surface area contributed by atoms with Crippen molar-refractivity contribution in [2.75, 3.05) is 7.05 Å². The number of carboxylic acid groups (broad SMARTS) is 1. The van der Waals surface area contributed by atoms with Gasteiger partial charge in [0.1, 0.15) is 6.04 Å². The highest BCUT2D eigenvalue weighted by Gasteiger charge is 2.33. The van der Waals surface area contributed by atoms with E-state index in [4.69, 9.17) is 23.2 Å². The number of carboxylic acids is 1. The van der Waals surface area contributed by atoms with Crippen LogP contribution in [0.4, 0.5) is 0 Å². The molecule has 128 valence electrons. The number of rotatable bonds is 6. The van der Waals surface area contributed by atoms with E-state index in [1.807, 2.05) is 0 Å². The third-order valence-corrected chi connectivity index (χ3v) is 6.33. The highest BCUT2D eigenvalue weighted by Crippen LogP contribution is 2.28. The van der Waals surface area contributed by atoms with E-state index in [1.54, 1.807) is 36.4 Å². The Kier molecular flexibility index (Phi) is 5.87. The van der Waals surface area contributed by atoms with Crippen LogP contribution in [0, 0.1) is 0 Å². The van der Waals surface area contributed by atoms with Gasteiger partial charge >= 0.3 is 5.97 Å². The summed E-state index contributed by atoms with van der Waals surface area (Å²) < 4.78 is 26.1. The predicted molar refractivity (Wildman–Crippen MR) is 93.0 cm³/mol. The second-order valence-electron chi connectivity index (χ2n) is 5.11. The maximum absolute atomic E-state index is 12.6. The molecule has 2 aromatic carbocycles. The van der Waals surface area contributed by atoms with Crippen molar-refractivity contribution in [1.29, 1.82) is 0 Å². The van der Waals surface area contributed by atoms with Crippen molar-refractivity contribution in [1.82, 2.24) is 4.31 Å². The molecule has 5 nitrogen and oxygen atoms in total. The number of hydrogen-bond donors (Lipinski definition) is 1. The normalized spacial score (nSPS) is 13.0. The summed E-state index contributed by atoms with van der Waals surface area (Å²) in [5.41, 5.74) is 0.465. The first-order valence-electron chi connectivity index (χ1n) is 6.94. The van der Waals surface area contributed by atoms with Gasteiger partial charge in [-0.05, 0) is 23.8 Å². The Hall–Kier alpha value is -1.60. The zero-order chi connectivity index (χ0) is 17.9. The summed E-state index contributed by atoms with van der Waals surface area (Å²) >= 11 is 12.0. The predicted octanol–water partition coefficient (Wildman–Crippen LogP) is 3.31. The Labute approximate surface area is 150 Å². The summed E-state index contributed by atoms with van der Waals surface area (Å²) in [5, 5.41) is 10.00. The van der Waals surface area contributed by atoms with Crippen LogP contribution in [0.15, 0.2) is 53.4 Å². The smallest absolute Gasteiger partial charge is 0.322 e. The van der Waals surface area contributed by atoms with Crippen molar-refractivity contribution < 1.29 is 18.3 Å². The molecule has 0 aromatic heterocycles. The van der Waals surface area contributed by atoms with Gasteiger partial charge in [-0.15, -0.1) is 0 Å². The number of nitrogens with zero attached hydrogens (tertiary/aromatic N) is 1. The van der Waals surface area contributed by atoms with Crippen LogP contribution < -0.4 is 0 Å². The quantitative estimate of drug-likeness (QED) is 0.824. The molecular weight excluding hydrogens is 373 g/mol. The molecule has 0 unspecified atom stereocenters. The lowest BCUT2D eigenvalue weighted by atomic mass is 10.1.